The van der Waals surface area contributed by atoms with E-state index in [2.05, 4.69) is 61.8 Å². The molecule has 1 aromatic rings. The average Bonchev–Trinajstić information content (AvgIpc) is 3.10. The minimum atomic E-state index is -2.07. The van der Waals surface area contributed by atoms with Crippen molar-refractivity contribution in [2.75, 3.05) is 19.8 Å². The maximum atomic E-state index is 11.7. The van der Waals surface area contributed by atoms with E-state index in [4.69, 9.17) is 18.6 Å². The Bertz CT molecular complexity index is 774. The summed E-state index contributed by atoms with van der Waals surface area (Å²) < 4.78 is 23.6. The van der Waals surface area contributed by atoms with E-state index >= 15 is 0 Å². The summed E-state index contributed by atoms with van der Waals surface area (Å²) >= 11 is 2.29. The van der Waals surface area contributed by atoms with Crippen LogP contribution >= 0.6 is 22.6 Å². The Morgan fingerprint density at radius 1 is 1.22 bits per heavy atom. The molecule has 1 aromatic carbocycles. The third-order valence-corrected chi connectivity index (χ3v) is 12.7. The highest BCUT2D eigenvalue weighted by Gasteiger charge is 2.49. The molecule has 32 heavy (non-hydrogen) atoms. The molecule has 2 fully saturated rings. The fourth-order valence-electron chi connectivity index (χ4n) is 3.61. The first-order valence-corrected chi connectivity index (χ1v) is 15.3. The molecule has 2 saturated heterocycles. The van der Waals surface area contributed by atoms with Gasteiger partial charge in [0.15, 0.2) is 8.32 Å². The fraction of sp³-hybridized carbons (Fsp3) is 0.696. The lowest BCUT2D eigenvalue weighted by Crippen LogP contribution is -2.56. The standard InChI is InChI=1S/C23H36INO6Si/c1-22(2,3)32(4,5)30-15-23(27,14-28-12-16-9-7-6-8-10-16)11-17-19(24)20-18(13-29-17)31-21(26)25-20/h6-10,17-20,27H,11-15H2,1-5H3,(H,25,26)/t17-,18-,19-,20-,23+/m1/s1. The second-order valence-electron chi connectivity index (χ2n) is 10.4. The Hall–Kier alpha value is -0.723. The van der Waals surface area contributed by atoms with E-state index in [0.717, 1.165) is 5.56 Å². The summed E-state index contributed by atoms with van der Waals surface area (Å²) in [6, 6.07) is 9.77. The molecule has 0 saturated carbocycles. The normalized spacial score (nSPS) is 27.9. The van der Waals surface area contributed by atoms with E-state index in [1.807, 2.05) is 30.3 Å². The van der Waals surface area contributed by atoms with Gasteiger partial charge in [-0.25, -0.2) is 4.79 Å². The number of nitrogens with one attached hydrogen (secondary N) is 1. The molecule has 180 valence electrons. The average molecular weight is 578 g/mol. The van der Waals surface area contributed by atoms with Gasteiger partial charge in [0, 0.05) is 6.42 Å². The summed E-state index contributed by atoms with van der Waals surface area (Å²) in [5.41, 5.74) is -0.163. The number of ether oxygens (including phenoxy) is 3. The van der Waals surface area contributed by atoms with Crippen LogP contribution in [0.3, 0.4) is 0 Å². The van der Waals surface area contributed by atoms with Gasteiger partial charge in [0.05, 0.1) is 42.5 Å². The van der Waals surface area contributed by atoms with Crippen LogP contribution in [0.4, 0.5) is 4.79 Å². The van der Waals surface area contributed by atoms with Gasteiger partial charge in [0.2, 0.25) is 0 Å². The smallest absolute Gasteiger partial charge is 0.407 e. The molecule has 0 radical (unpaired) electrons. The van der Waals surface area contributed by atoms with Crippen LogP contribution < -0.4 is 5.32 Å². The monoisotopic (exact) mass is 577 g/mol. The molecule has 2 heterocycles. The Labute approximate surface area is 205 Å². The molecule has 0 spiro atoms. The molecule has 2 aliphatic heterocycles. The summed E-state index contributed by atoms with van der Waals surface area (Å²) in [4.78, 5) is 11.7. The Morgan fingerprint density at radius 2 is 1.91 bits per heavy atom. The summed E-state index contributed by atoms with van der Waals surface area (Å²) in [5.74, 6) is 0. The summed E-state index contributed by atoms with van der Waals surface area (Å²) in [5, 5.41) is 14.6. The van der Waals surface area contributed by atoms with Crippen LogP contribution in [0.5, 0.6) is 0 Å². The zero-order chi connectivity index (χ0) is 23.6. The summed E-state index contributed by atoms with van der Waals surface area (Å²) in [6.45, 7) is 11.9. The number of halogens is 1. The van der Waals surface area contributed by atoms with Crippen LogP contribution in [0, 0.1) is 0 Å². The Balaban J connectivity index is 1.68. The maximum absolute atomic E-state index is 11.7. The van der Waals surface area contributed by atoms with Gasteiger partial charge in [-0.15, -0.1) is 0 Å². The number of amides is 1. The van der Waals surface area contributed by atoms with E-state index in [0.29, 0.717) is 19.6 Å². The predicted molar refractivity (Wildman–Crippen MR) is 134 cm³/mol. The number of aliphatic hydroxyl groups is 1. The van der Waals surface area contributed by atoms with Crippen molar-refractivity contribution in [2.45, 2.75) is 79.7 Å². The van der Waals surface area contributed by atoms with E-state index in [9.17, 15) is 9.90 Å². The minimum absolute atomic E-state index is 0.0324. The van der Waals surface area contributed by atoms with Crippen molar-refractivity contribution in [3.8, 4) is 0 Å². The first-order chi connectivity index (χ1) is 14.9. The summed E-state index contributed by atoms with van der Waals surface area (Å²) in [6.07, 6.45) is -0.601. The van der Waals surface area contributed by atoms with Gasteiger partial charge in [0.1, 0.15) is 11.7 Å². The van der Waals surface area contributed by atoms with Crippen molar-refractivity contribution in [1.82, 2.24) is 5.32 Å². The molecule has 3 rings (SSSR count). The molecule has 7 nitrogen and oxygen atoms in total. The van der Waals surface area contributed by atoms with Gasteiger partial charge in [-0.2, -0.15) is 0 Å². The quantitative estimate of drug-likeness (QED) is 0.262. The van der Waals surface area contributed by atoms with Crippen LogP contribution in [0.15, 0.2) is 30.3 Å². The topological polar surface area (TPSA) is 86.2 Å². The Kier molecular flexibility index (Phi) is 8.31. The molecule has 0 bridgehead atoms. The van der Waals surface area contributed by atoms with Crippen LogP contribution in [0.2, 0.25) is 18.1 Å². The zero-order valence-corrected chi connectivity index (χ0v) is 22.8. The fourth-order valence-corrected chi connectivity index (χ4v) is 5.77. The minimum Gasteiger partial charge on any atom is -0.442 e. The number of carbonyl (C=O) groups is 1. The molecule has 9 heteroatoms. The lowest BCUT2D eigenvalue weighted by atomic mass is 9.91. The van der Waals surface area contributed by atoms with Gasteiger partial charge in [0.25, 0.3) is 0 Å². The molecule has 0 unspecified atom stereocenters. The van der Waals surface area contributed by atoms with Crippen LogP contribution in [0.1, 0.15) is 32.8 Å². The van der Waals surface area contributed by atoms with Crippen molar-refractivity contribution in [3.05, 3.63) is 35.9 Å². The largest absolute Gasteiger partial charge is 0.442 e. The number of hydrogen-bond donors (Lipinski definition) is 2. The number of hydrogen-bond acceptors (Lipinski definition) is 6. The molecular weight excluding hydrogens is 541 g/mol. The SMILES string of the molecule is CC(C)(C)[Si](C)(C)OC[C@@](O)(COCc1ccccc1)C[C@H]1OC[C@H]2OC(=O)N[C@H]2[C@@H]1I. The molecule has 2 N–H and O–H groups in total. The van der Waals surface area contributed by atoms with E-state index in [1.54, 1.807) is 0 Å². The van der Waals surface area contributed by atoms with Gasteiger partial charge >= 0.3 is 6.09 Å². The van der Waals surface area contributed by atoms with Crippen molar-refractivity contribution in [2.24, 2.45) is 0 Å². The van der Waals surface area contributed by atoms with Gasteiger partial charge in [-0.1, -0.05) is 73.7 Å². The maximum Gasteiger partial charge on any atom is 0.407 e. The van der Waals surface area contributed by atoms with E-state index < -0.39 is 20.0 Å². The molecule has 5 atom stereocenters. The molecular formula is C23H36INO6Si. The zero-order valence-electron chi connectivity index (χ0n) is 19.6. The van der Waals surface area contributed by atoms with Crippen LogP contribution in [-0.2, 0) is 25.2 Å². The number of alkyl carbamates (subject to hydrolysis) is 1. The third-order valence-electron chi connectivity index (χ3n) is 6.69. The number of alkyl halides is 1. The highest BCUT2D eigenvalue weighted by Crippen LogP contribution is 2.38. The third kappa shape index (κ3) is 6.44. The number of benzene rings is 1. The number of rotatable bonds is 9. The van der Waals surface area contributed by atoms with Crippen molar-refractivity contribution in [3.63, 3.8) is 0 Å². The van der Waals surface area contributed by atoms with E-state index in [-0.39, 0.29) is 40.4 Å². The van der Waals surface area contributed by atoms with Crippen molar-refractivity contribution >= 4 is 37.0 Å². The number of fused-ring (bicyclic) bond motifs is 1. The van der Waals surface area contributed by atoms with Gasteiger partial charge in [-0.05, 0) is 23.7 Å². The highest BCUT2D eigenvalue weighted by molar-refractivity contribution is 14.1. The first kappa shape index (κ1) is 25.9. The molecule has 1 amide bonds. The number of carbonyl (C=O) groups excluding carboxylic acids is 1. The molecule has 0 aromatic heterocycles. The molecule has 0 aliphatic carbocycles. The van der Waals surface area contributed by atoms with Crippen LogP contribution in [0.25, 0.3) is 0 Å². The first-order valence-electron chi connectivity index (χ1n) is 11.1. The van der Waals surface area contributed by atoms with Gasteiger partial charge in [-0.3, -0.25) is 0 Å². The second kappa shape index (κ2) is 10.3. The molecule has 2 aliphatic rings. The van der Waals surface area contributed by atoms with E-state index in [1.165, 1.54) is 0 Å². The summed E-state index contributed by atoms with van der Waals surface area (Å²) in [7, 11) is -2.07. The lowest BCUT2D eigenvalue weighted by Gasteiger charge is -2.42. The van der Waals surface area contributed by atoms with Crippen molar-refractivity contribution in [1.29, 1.82) is 0 Å². The van der Waals surface area contributed by atoms with Gasteiger partial charge < -0.3 is 29.1 Å². The highest BCUT2D eigenvalue weighted by atomic mass is 127. The van der Waals surface area contributed by atoms with Crippen LogP contribution in [-0.4, -0.2) is 67.1 Å². The second-order valence-corrected chi connectivity index (χ2v) is 16.6. The lowest BCUT2D eigenvalue weighted by molar-refractivity contribution is -0.125. The Morgan fingerprint density at radius 3 is 2.56 bits per heavy atom. The predicted octanol–water partition coefficient (Wildman–Crippen LogP) is 4.03. The van der Waals surface area contributed by atoms with Crippen molar-refractivity contribution < 1.29 is 28.5 Å².